The van der Waals surface area contributed by atoms with Gasteiger partial charge in [0, 0.05) is 19.0 Å². The van der Waals surface area contributed by atoms with Gasteiger partial charge in [-0.1, -0.05) is 0 Å². The van der Waals surface area contributed by atoms with Crippen LogP contribution in [0, 0.1) is 5.92 Å². The van der Waals surface area contributed by atoms with E-state index in [2.05, 4.69) is 0 Å². The Labute approximate surface area is 125 Å². The van der Waals surface area contributed by atoms with Gasteiger partial charge in [0.15, 0.2) is 0 Å². The second-order valence-electron chi connectivity index (χ2n) is 6.24. The molecule has 0 N–H and O–H groups in total. The highest BCUT2D eigenvalue weighted by Crippen LogP contribution is 2.22. The standard InChI is InChI=1S/C16H23NO4/c1-16(2,3)21-15(18)17-9-12(10-17)11-20-14-7-5-13(19-4)6-8-14/h5-8,12H,9-11H2,1-4H3. The van der Waals surface area contributed by atoms with E-state index in [1.165, 1.54) is 0 Å². The highest BCUT2D eigenvalue weighted by Gasteiger charge is 2.33. The van der Waals surface area contributed by atoms with Crippen molar-refractivity contribution in [2.45, 2.75) is 26.4 Å². The van der Waals surface area contributed by atoms with Gasteiger partial charge in [-0.25, -0.2) is 4.79 Å². The molecular formula is C16H23NO4. The minimum Gasteiger partial charge on any atom is -0.497 e. The fourth-order valence-corrected chi connectivity index (χ4v) is 2.04. The first kappa shape index (κ1) is 15.5. The smallest absolute Gasteiger partial charge is 0.410 e. The van der Waals surface area contributed by atoms with Crippen LogP contribution in [0.15, 0.2) is 24.3 Å². The second-order valence-corrected chi connectivity index (χ2v) is 6.24. The Morgan fingerprint density at radius 3 is 2.29 bits per heavy atom. The van der Waals surface area contributed by atoms with Crippen LogP contribution >= 0.6 is 0 Å². The Bertz CT molecular complexity index is 472. The van der Waals surface area contributed by atoms with Gasteiger partial charge >= 0.3 is 6.09 Å². The summed E-state index contributed by atoms with van der Waals surface area (Å²) in [6, 6.07) is 7.48. The first-order chi connectivity index (χ1) is 9.87. The molecule has 0 unspecified atom stereocenters. The van der Waals surface area contributed by atoms with Crippen molar-refractivity contribution in [3.05, 3.63) is 24.3 Å². The highest BCUT2D eigenvalue weighted by molar-refractivity contribution is 5.69. The summed E-state index contributed by atoms with van der Waals surface area (Å²) in [5, 5.41) is 0. The number of hydrogen-bond donors (Lipinski definition) is 0. The predicted octanol–water partition coefficient (Wildman–Crippen LogP) is 2.94. The largest absolute Gasteiger partial charge is 0.497 e. The maximum atomic E-state index is 11.8. The molecule has 1 aliphatic heterocycles. The van der Waals surface area contributed by atoms with Crippen LogP contribution in [-0.2, 0) is 4.74 Å². The van der Waals surface area contributed by atoms with Crippen molar-refractivity contribution in [2.75, 3.05) is 26.8 Å². The maximum absolute atomic E-state index is 11.8. The summed E-state index contributed by atoms with van der Waals surface area (Å²) in [4.78, 5) is 13.5. The third-order valence-electron chi connectivity index (χ3n) is 3.15. The zero-order valence-electron chi connectivity index (χ0n) is 13.1. The number of carbonyl (C=O) groups is 1. The van der Waals surface area contributed by atoms with E-state index in [-0.39, 0.29) is 6.09 Å². The van der Waals surface area contributed by atoms with E-state index in [0.717, 1.165) is 11.5 Å². The number of nitrogens with zero attached hydrogens (tertiary/aromatic N) is 1. The molecule has 21 heavy (non-hydrogen) atoms. The molecule has 5 heteroatoms. The van der Waals surface area contributed by atoms with Gasteiger partial charge in [-0.2, -0.15) is 0 Å². The van der Waals surface area contributed by atoms with E-state index >= 15 is 0 Å². The van der Waals surface area contributed by atoms with E-state index in [1.807, 2.05) is 45.0 Å². The third-order valence-corrected chi connectivity index (χ3v) is 3.15. The van der Waals surface area contributed by atoms with Crippen molar-refractivity contribution in [2.24, 2.45) is 5.92 Å². The molecular weight excluding hydrogens is 270 g/mol. The van der Waals surface area contributed by atoms with Crippen LogP contribution in [0.3, 0.4) is 0 Å². The van der Waals surface area contributed by atoms with Crippen molar-refractivity contribution in [3.8, 4) is 11.5 Å². The van der Waals surface area contributed by atoms with Crippen LogP contribution in [0.2, 0.25) is 0 Å². The summed E-state index contributed by atoms with van der Waals surface area (Å²) >= 11 is 0. The van der Waals surface area contributed by atoms with Crippen molar-refractivity contribution >= 4 is 6.09 Å². The van der Waals surface area contributed by atoms with E-state index < -0.39 is 5.60 Å². The van der Waals surface area contributed by atoms with Crippen LogP contribution < -0.4 is 9.47 Å². The summed E-state index contributed by atoms with van der Waals surface area (Å²) in [7, 11) is 1.63. The predicted molar refractivity (Wildman–Crippen MR) is 79.8 cm³/mol. The molecule has 0 atom stereocenters. The molecule has 0 bridgehead atoms. The minimum absolute atomic E-state index is 0.247. The number of likely N-dealkylation sites (tertiary alicyclic amines) is 1. The summed E-state index contributed by atoms with van der Waals surface area (Å²) < 4.78 is 16.1. The first-order valence-corrected chi connectivity index (χ1v) is 7.12. The molecule has 1 saturated heterocycles. The van der Waals surface area contributed by atoms with Gasteiger partial charge in [-0.05, 0) is 45.0 Å². The molecule has 116 valence electrons. The van der Waals surface area contributed by atoms with Gasteiger partial charge in [0.1, 0.15) is 17.1 Å². The molecule has 1 heterocycles. The van der Waals surface area contributed by atoms with E-state index in [4.69, 9.17) is 14.2 Å². The molecule has 1 aromatic carbocycles. The molecule has 1 amide bonds. The summed E-state index contributed by atoms with van der Waals surface area (Å²) in [6.45, 7) is 7.58. The lowest BCUT2D eigenvalue weighted by atomic mass is 10.0. The fraction of sp³-hybridized carbons (Fsp3) is 0.562. The summed E-state index contributed by atoms with van der Waals surface area (Å²) in [6.07, 6.45) is -0.247. The number of benzene rings is 1. The number of rotatable bonds is 4. The van der Waals surface area contributed by atoms with Crippen LogP contribution in [0.5, 0.6) is 11.5 Å². The Morgan fingerprint density at radius 1 is 1.19 bits per heavy atom. The van der Waals surface area contributed by atoms with Gasteiger partial charge in [0.2, 0.25) is 0 Å². The molecule has 1 aliphatic rings. The van der Waals surface area contributed by atoms with Crippen molar-refractivity contribution in [3.63, 3.8) is 0 Å². The normalized spacial score (nSPS) is 15.3. The summed E-state index contributed by atoms with van der Waals surface area (Å²) in [5.74, 6) is 1.98. The van der Waals surface area contributed by atoms with Crippen molar-refractivity contribution in [1.82, 2.24) is 4.90 Å². The zero-order valence-corrected chi connectivity index (χ0v) is 13.1. The van der Waals surface area contributed by atoms with Crippen molar-refractivity contribution in [1.29, 1.82) is 0 Å². The fourth-order valence-electron chi connectivity index (χ4n) is 2.04. The topological polar surface area (TPSA) is 48.0 Å². The quantitative estimate of drug-likeness (QED) is 0.856. The van der Waals surface area contributed by atoms with E-state index in [9.17, 15) is 4.79 Å². The summed E-state index contributed by atoms with van der Waals surface area (Å²) in [5.41, 5.74) is -0.443. The molecule has 0 aliphatic carbocycles. The highest BCUT2D eigenvalue weighted by atomic mass is 16.6. The molecule has 2 rings (SSSR count). The van der Waals surface area contributed by atoms with Gasteiger partial charge in [-0.15, -0.1) is 0 Å². The average molecular weight is 293 g/mol. The van der Waals surface area contributed by atoms with Crippen LogP contribution in [0.25, 0.3) is 0 Å². The van der Waals surface area contributed by atoms with E-state index in [0.29, 0.717) is 25.6 Å². The Hall–Kier alpha value is -1.91. The van der Waals surface area contributed by atoms with E-state index in [1.54, 1.807) is 12.0 Å². The molecule has 1 fully saturated rings. The SMILES string of the molecule is COc1ccc(OCC2CN(C(=O)OC(C)(C)C)C2)cc1. The zero-order chi connectivity index (χ0) is 15.5. The molecule has 5 nitrogen and oxygen atoms in total. The Balaban J connectivity index is 1.69. The van der Waals surface area contributed by atoms with Crippen LogP contribution in [0.4, 0.5) is 4.79 Å². The molecule has 0 aromatic heterocycles. The average Bonchev–Trinajstić information content (AvgIpc) is 2.35. The van der Waals surface area contributed by atoms with Gasteiger partial charge in [0.25, 0.3) is 0 Å². The van der Waals surface area contributed by atoms with Gasteiger partial charge in [-0.3, -0.25) is 0 Å². The maximum Gasteiger partial charge on any atom is 0.410 e. The second kappa shape index (κ2) is 6.24. The number of ether oxygens (including phenoxy) is 3. The molecule has 0 spiro atoms. The van der Waals surface area contributed by atoms with Crippen LogP contribution in [-0.4, -0.2) is 43.4 Å². The molecule has 0 saturated carbocycles. The number of methoxy groups -OCH3 is 1. The number of carbonyl (C=O) groups excluding carboxylic acids is 1. The molecule has 0 radical (unpaired) electrons. The lowest BCUT2D eigenvalue weighted by molar-refractivity contribution is -0.00781. The Morgan fingerprint density at radius 2 is 1.76 bits per heavy atom. The van der Waals surface area contributed by atoms with Gasteiger partial charge in [0.05, 0.1) is 13.7 Å². The van der Waals surface area contributed by atoms with Gasteiger partial charge < -0.3 is 19.1 Å². The minimum atomic E-state index is -0.443. The molecule has 1 aromatic rings. The lowest BCUT2D eigenvalue weighted by Crippen LogP contribution is -2.53. The lowest BCUT2D eigenvalue weighted by Gasteiger charge is -2.39. The monoisotopic (exact) mass is 293 g/mol. The first-order valence-electron chi connectivity index (χ1n) is 7.12. The number of amides is 1. The third kappa shape index (κ3) is 4.55. The Kier molecular flexibility index (Phi) is 4.60. The van der Waals surface area contributed by atoms with Crippen molar-refractivity contribution < 1.29 is 19.0 Å². The number of hydrogen-bond acceptors (Lipinski definition) is 4. The van der Waals surface area contributed by atoms with Crippen LogP contribution in [0.1, 0.15) is 20.8 Å².